The van der Waals surface area contributed by atoms with Crippen molar-refractivity contribution in [2.45, 2.75) is 6.92 Å². The molecular formula is C28H24N2O5. The molecule has 4 rings (SSSR count). The molecule has 0 aliphatic rings. The summed E-state index contributed by atoms with van der Waals surface area (Å²) in [6, 6.07) is 25.4. The summed E-state index contributed by atoms with van der Waals surface area (Å²) in [5, 5.41) is 5.84. The van der Waals surface area contributed by atoms with Crippen molar-refractivity contribution in [2.75, 3.05) is 13.7 Å². The van der Waals surface area contributed by atoms with Gasteiger partial charge in [0.1, 0.15) is 5.75 Å². The molecule has 0 fully saturated rings. The first-order valence-electron chi connectivity index (χ1n) is 10.9. The molecule has 176 valence electrons. The summed E-state index contributed by atoms with van der Waals surface area (Å²) < 4.78 is 16.4. The summed E-state index contributed by atoms with van der Waals surface area (Å²) in [7, 11) is 1.53. The summed E-state index contributed by atoms with van der Waals surface area (Å²) in [4.78, 5) is 25.0. The Morgan fingerprint density at radius 1 is 0.886 bits per heavy atom. The van der Waals surface area contributed by atoms with E-state index in [1.807, 2.05) is 49.4 Å². The second-order valence-electron chi connectivity index (χ2n) is 7.69. The molecule has 1 N–H and O–H groups in total. The minimum Gasteiger partial charge on any atom is -0.493 e. The van der Waals surface area contributed by atoms with Gasteiger partial charge in [0, 0.05) is 5.56 Å². The molecule has 35 heavy (non-hydrogen) atoms. The van der Waals surface area contributed by atoms with Gasteiger partial charge in [0.15, 0.2) is 18.1 Å². The van der Waals surface area contributed by atoms with E-state index in [1.165, 1.54) is 13.3 Å². The van der Waals surface area contributed by atoms with Crippen LogP contribution in [-0.4, -0.2) is 31.8 Å². The van der Waals surface area contributed by atoms with E-state index in [2.05, 4.69) is 10.5 Å². The number of amides is 1. The molecule has 0 radical (unpaired) electrons. The number of para-hydroxylation sites is 2. The molecule has 0 saturated heterocycles. The van der Waals surface area contributed by atoms with Gasteiger partial charge in [-0.25, -0.2) is 10.2 Å². The number of rotatable bonds is 8. The number of hydrazone groups is 1. The minimum absolute atomic E-state index is 0.248. The van der Waals surface area contributed by atoms with E-state index in [0.717, 1.165) is 16.3 Å². The molecule has 4 aromatic rings. The maximum absolute atomic E-state index is 12.7. The maximum atomic E-state index is 12.7. The number of esters is 1. The molecule has 0 aliphatic heterocycles. The fourth-order valence-corrected chi connectivity index (χ4v) is 3.51. The van der Waals surface area contributed by atoms with E-state index in [1.54, 1.807) is 42.5 Å². The summed E-state index contributed by atoms with van der Waals surface area (Å²) in [6.07, 6.45) is 1.46. The van der Waals surface area contributed by atoms with Gasteiger partial charge in [0.25, 0.3) is 5.91 Å². The van der Waals surface area contributed by atoms with Crippen LogP contribution in [0.2, 0.25) is 0 Å². The molecule has 0 aromatic heterocycles. The minimum atomic E-state index is -0.479. The second kappa shape index (κ2) is 11.0. The van der Waals surface area contributed by atoms with Gasteiger partial charge in [-0.1, -0.05) is 60.2 Å². The quantitative estimate of drug-likeness (QED) is 0.172. The molecule has 4 aromatic carbocycles. The number of carbonyl (C=O) groups is 2. The second-order valence-corrected chi connectivity index (χ2v) is 7.69. The topological polar surface area (TPSA) is 86.2 Å². The smallest absolute Gasteiger partial charge is 0.343 e. The molecule has 0 atom stereocenters. The summed E-state index contributed by atoms with van der Waals surface area (Å²) in [5.74, 6) is 0.380. The predicted molar refractivity (Wildman–Crippen MR) is 134 cm³/mol. The van der Waals surface area contributed by atoms with E-state index in [-0.39, 0.29) is 6.61 Å². The third-order valence-electron chi connectivity index (χ3n) is 5.20. The number of benzene rings is 4. The lowest BCUT2D eigenvalue weighted by molar-refractivity contribution is -0.123. The lowest BCUT2D eigenvalue weighted by atomic mass is 10.0. The van der Waals surface area contributed by atoms with Crippen molar-refractivity contribution >= 4 is 28.9 Å². The first kappa shape index (κ1) is 23.5. The Morgan fingerprint density at radius 2 is 1.66 bits per heavy atom. The van der Waals surface area contributed by atoms with Crippen LogP contribution in [0.25, 0.3) is 10.8 Å². The maximum Gasteiger partial charge on any atom is 0.343 e. The number of nitrogens with one attached hydrogen (secondary N) is 1. The zero-order valence-corrected chi connectivity index (χ0v) is 19.4. The van der Waals surface area contributed by atoms with Crippen LogP contribution in [0.15, 0.2) is 90.0 Å². The van der Waals surface area contributed by atoms with Crippen LogP contribution < -0.4 is 19.6 Å². The predicted octanol–water partition coefficient (Wildman–Crippen LogP) is 4.91. The highest BCUT2D eigenvalue weighted by Crippen LogP contribution is 2.28. The zero-order valence-electron chi connectivity index (χ0n) is 19.4. The number of fused-ring (bicyclic) bond motifs is 1. The highest BCUT2D eigenvalue weighted by molar-refractivity contribution is 6.04. The normalized spacial score (nSPS) is 10.8. The number of methoxy groups -OCH3 is 1. The Labute approximate surface area is 202 Å². The van der Waals surface area contributed by atoms with Crippen molar-refractivity contribution in [2.24, 2.45) is 5.10 Å². The van der Waals surface area contributed by atoms with Gasteiger partial charge >= 0.3 is 5.97 Å². The van der Waals surface area contributed by atoms with Crippen molar-refractivity contribution in [3.05, 3.63) is 102 Å². The Hall–Kier alpha value is -4.65. The van der Waals surface area contributed by atoms with Crippen LogP contribution in [-0.2, 0) is 4.79 Å². The molecule has 7 heteroatoms. The number of hydrogen-bond acceptors (Lipinski definition) is 6. The SMILES string of the molecule is COc1ccccc1OCC(=O)NN=Cc1c(OC(=O)c2cccc(C)c2)ccc2ccccc12. The molecule has 0 unspecified atom stereocenters. The third-order valence-corrected chi connectivity index (χ3v) is 5.20. The van der Waals surface area contributed by atoms with Crippen LogP contribution >= 0.6 is 0 Å². The van der Waals surface area contributed by atoms with Gasteiger partial charge in [-0.15, -0.1) is 0 Å². The van der Waals surface area contributed by atoms with Gasteiger partial charge < -0.3 is 14.2 Å². The Morgan fingerprint density at radius 3 is 2.46 bits per heavy atom. The average molecular weight is 469 g/mol. The fraction of sp³-hybridized carbons (Fsp3) is 0.107. The van der Waals surface area contributed by atoms with E-state index < -0.39 is 11.9 Å². The molecule has 0 bridgehead atoms. The number of aryl methyl sites for hydroxylation is 1. The Bertz CT molecular complexity index is 1400. The summed E-state index contributed by atoms with van der Waals surface area (Å²) >= 11 is 0. The molecule has 0 heterocycles. The van der Waals surface area contributed by atoms with Gasteiger partial charge in [-0.2, -0.15) is 5.10 Å². The molecule has 7 nitrogen and oxygen atoms in total. The standard InChI is InChI=1S/C28H24N2O5/c1-19-8-7-10-21(16-19)28(32)35-24-15-14-20-9-3-4-11-22(20)23(24)17-29-30-27(31)18-34-26-13-6-5-12-25(26)33-2/h3-17H,18H2,1-2H3,(H,30,31). The van der Waals surface area contributed by atoms with E-state index in [0.29, 0.717) is 28.4 Å². The van der Waals surface area contributed by atoms with Crippen molar-refractivity contribution in [1.82, 2.24) is 5.43 Å². The van der Waals surface area contributed by atoms with Crippen molar-refractivity contribution in [1.29, 1.82) is 0 Å². The Kier molecular flexibility index (Phi) is 7.37. The fourth-order valence-electron chi connectivity index (χ4n) is 3.51. The lowest BCUT2D eigenvalue weighted by Gasteiger charge is -2.11. The van der Waals surface area contributed by atoms with Crippen LogP contribution in [0.4, 0.5) is 0 Å². The number of nitrogens with zero attached hydrogens (tertiary/aromatic N) is 1. The monoisotopic (exact) mass is 468 g/mol. The lowest BCUT2D eigenvalue weighted by Crippen LogP contribution is -2.24. The highest BCUT2D eigenvalue weighted by Gasteiger charge is 2.14. The number of carbonyl (C=O) groups excluding carboxylic acids is 2. The molecular weight excluding hydrogens is 444 g/mol. The van der Waals surface area contributed by atoms with Crippen LogP contribution in [0, 0.1) is 6.92 Å². The first-order chi connectivity index (χ1) is 17.0. The van der Waals surface area contributed by atoms with Gasteiger partial charge in [-0.05, 0) is 48.0 Å². The molecule has 1 amide bonds. The van der Waals surface area contributed by atoms with E-state index in [4.69, 9.17) is 14.2 Å². The molecule has 0 saturated carbocycles. The third kappa shape index (κ3) is 5.83. The Balaban J connectivity index is 1.51. The van der Waals surface area contributed by atoms with Crippen molar-refractivity contribution < 1.29 is 23.8 Å². The zero-order chi connectivity index (χ0) is 24.6. The molecule has 0 spiro atoms. The van der Waals surface area contributed by atoms with Gasteiger partial charge in [0.05, 0.1) is 18.9 Å². The largest absolute Gasteiger partial charge is 0.493 e. The van der Waals surface area contributed by atoms with E-state index >= 15 is 0 Å². The van der Waals surface area contributed by atoms with Crippen LogP contribution in [0.3, 0.4) is 0 Å². The van der Waals surface area contributed by atoms with Crippen molar-refractivity contribution in [3.63, 3.8) is 0 Å². The summed E-state index contributed by atoms with van der Waals surface area (Å²) in [5.41, 5.74) is 4.42. The van der Waals surface area contributed by atoms with Gasteiger partial charge in [-0.3, -0.25) is 4.79 Å². The number of ether oxygens (including phenoxy) is 3. The van der Waals surface area contributed by atoms with Crippen molar-refractivity contribution in [3.8, 4) is 17.2 Å². The summed E-state index contributed by atoms with van der Waals surface area (Å²) in [6.45, 7) is 1.66. The molecule has 0 aliphatic carbocycles. The van der Waals surface area contributed by atoms with Crippen LogP contribution in [0.1, 0.15) is 21.5 Å². The first-order valence-corrected chi connectivity index (χ1v) is 10.9. The average Bonchev–Trinajstić information content (AvgIpc) is 2.88. The van der Waals surface area contributed by atoms with E-state index in [9.17, 15) is 9.59 Å². The number of hydrogen-bond donors (Lipinski definition) is 1. The van der Waals surface area contributed by atoms with Crippen LogP contribution in [0.5, 0.6) is 17.2 Å². The highest BCUT2D eigenvalue weighted by atomic mass is 16.5. The van der Waals surface area contributed by atoms with Gasteiger partial charge in [0.2, 0.25) is 0 Å².